The van der Waals surface area contributed by atoms with Crippen LogP contribution in [-0.4, -0.2) is 6.04 Å². The van der Waals surface area contributed by atoms with E-state index < -0.39 is 0 Å². The van der Waals surface area contributed by atoms with Crippen molar-refractivity contribution in [3.05, 3.63) is 11.1 Å². The van der Waals surface area contributed by atoms with Gasteiger partial charge in [0.05, 0.1) is 0 Å². The predicted octanol–water partition coefficient (Wildman–Crippen LogP) is 3.25. The summed E-state index contributed by atoms with van der Waals surface area (Å²) in [5.74, 6) is 0.765. The Bertz CT molecular complexity index is 262. The van der Waals surface area contributed by atoms with Crippen LogP contribution >= 0.6 is 0 Å². The standard InChI is InChI=1S/C13H23N/c1-9(2)10-6-7-11-12(14)5-4-8-13(10,11)3/h11-12H,4-8,14H2,1-3H3. The van der Waals surface area contributed by atoms with Gasteiger partial charge in [-0.3, -0.25) is 0 Å². The van der Waals surface area contributed by atoms with E-state index in [-0.39, 0.29) is 0 Å². The summed E-state index contributed by atoms with van der Waals surface area (Å²) in [6.07, 6.45) is 6.57. The maximum atomic E-state index is 6.24. The first-order chi connectivity index (χ1) is 6.55. The summed E-state index contributed by atoms with van der Waals surface area (Å²) in [5, 5.41) is 0. The highest BCUT2D eigenvalue weighted by Gasteiger charge is 2.47. The van der Waals surface area contributed by atoms with E-state index in [0.717, 1.165) is 5.92 Å². The van der Waals surface area contributed by atoms with Gasteiger partial charge in [0.2, 0.25) is 0 Å². The average molecular weight is 193 g/mol. The first-order valence-electron chi connectivity index (χ1n) is 5.98. The van der Waals surface area contributed by atoms with Crippen molar-refractivity contribution in [1.82, 2.24) is 0 Å². The van der Waals surface area contributed by atoms with Crippen molar-refractivity contribution in [1.29, 1.82) is 0 Å². The Hall–Kier alpha value is -0.300. The molecular formula is C13H23N. The van der Waals surface area contributed by atoms with E-state index >= 15 is 0 Å². The molecule has 0 spiro atoms. The zero-order valence-electron chi connectivity index (χ0n) is 9.77. The summed E-state index contributed by atoms with van der Waals surface area (Å²) in [6.45, 7) is 6.98. The fourth-order valence-electron chi connectivity index (χ4n) is 3.88. The molecule has 0 aliphatic heterocycles. The molecule has 3 atom stereocenters. The summed E-state index contributed by atoms with van der Waals surface area (Å²) in [4.78, 5) is 0. The topological polar surface area (TPSA) is 26.0 Å². The molecule has 14 heavy (non-hydrogen) atoms. The van der Waals surface area contributed by atoms with Crippen molar-refractivity contribution in [2.75, 3.05) is 0 Å². The third kappa shape index (κ3) is 1.33. The van der Waals surface area contributed by atoms with Crippen LogP contribution in [0.3, 0.4) is 0 Å². The molecule has 80 valence electrons. The molecule has 2 rings (SSSR count). The van der Waals surface area contributed by atoms with Crippen LogP contribution in [0.4, 0.5) is 0 Å². The van der Waals surface area contributed by atoms with Gasteiger partial charge in [0.15, 0.2) is 0 Å². The van der Waals surface area contributed by atoms with E-state index in [4.69, 9.17) is 5.73 Å². The van der Waals surface area contributed by atoms with E-state index in [2.05, 4.69) is 20.8 Å². The third-order valence-electron chi connectivity index (χ3n) is 4.57. The number of hydrogen-bond donors (Lipinski definition) is 1. The van der Waals surface area contributed by atoms with Gasteiger partial charge in [-0.15, -0.1) is 0 Å². The SMILES string of the molecule is CC(C)=C1CCC2C(N)CCCC12C. The minimum absolute atomic E-state index is 0.455. The minimum atomic E-state index is 0.455. The first-order valence-corrected chi connectivity index (χ1v) is 5.98. The van der Waals surface area contributed by atoms with Crippen LogP contribution in [0.5, 0.6) is 0 Å². The largest absolute Gasteiger partial charge is 0.327 e. The third-order valence-corrected chi connectivity index (χ3v) is 4.57. The molecule has 0 radical (unpaired) electrons. The molecule has 1 nitrogen and oxygen atoms in total. The summed E-state index contributed by atoms with van der Waals surface area (Å²) < 4.78 is 0. The van der Waals surface area contributed by atoms with E-state index in [1.54, 1.807) is 11.1 Å². The van der Waals surface area contributed by atoms with Crippen LogP contribution < -0.4 is 5.73 Å². The molecule has 2 aliphatic carbocycles. The fourth-order valence-corrected chi connectivity index (χ4v) is 3.88. The molecule has 0 bridgehead atoms. The first kappa shape index (κ1) is 10.2. The molecule has 0 heterocycles. The molecule has 0 amide bonds. The lowest BCUT2D eigenvalue weighted by Gasteiger charge is -2.41. The van der Waals surface area contributed by atoms with E-state index in [9.17, 15) is 0 Å². The Morgan fingerprint density at radius 2 is 2.07 bits per heavy atom. The zero-order valence-corrected chi connectivity index (χ0v) is 9.77. The van der Waals surface area contributed by atoms with Crippen molar-refractivity contribution in [3.63, 3.8) is 0 Å². The quantitative estimate of drug-likeness (QED) is 0.587. The average Bonchev–Trinajstić information content (AvgIpc) is 2.43. The highest BCUT2D eigenvalue weighted by molar-refractivity contribution is 5.26. The second kappa shape index (κ2) is 3.37. The number of hydrogen-bond acceptors (Lipinski definition) is 1. The Morgan fingerprint density at radius 1 is 1.36 bits per heavy atom. The maximum absolute atomic E-state index is 6.24. The summed E-state index contributed by atoms with van der Waals surface area (Å²) in [5.41, 5.74) is 9.97. The highest BCUT2D eigenvalue weighted by atomic mass is 14.7. The predicted molar refractivity (Wildman–Crippen MR) is 61.0 cm³/mol. The lowest BCUT2D eigenvalue weighted by atomic mass is 9.65. The van der Waals surface area contributed by atoms with Crippen LogP contribution in [0, 0.1) is 11.3 Å². The van der Waals surface area contributed by atoms with Gasteiger partial charge in [0.25, 0.3) is 0 Å². The monoisotopic (exact) mass is 193 g/mol. The second-order valence-corrected chi connectivity index (χ2v) is 5.60. The molecule has 2 fully saturated rings. The molecule has 2 N–H and O–H groups in total. The van der Waals surface area contributed by atoms with Crippen LogP contribution in [0.25, 0.3) is 0 Å². The van der Waals surface area contributed by atoms with Crippen LogP contribution in [0.2, 0.25) is 0 Å². The van der Waals surface area contributed by atoms with Crippen molar-refractivity contribution in [2.45, 2.75) is 58.9 Å². The fraction of sp³-hybridized carbons (Fsp3) is 0.846. The van der Waals surface area contributed by atoms with E-state index in [1.807, 2.05) is 0 Å². The van der Waals surface area contributed by atoms with Crippen molar-refractivity contribution >= 4 is 0 Å². The number of nitrogens with two attached hydrogens (primary N) is 1. The van der Waals surface area contributed by atoms with Gasteiger partial charge in [-0.25, -0.2) is 0 Å². The highest BCUT2D eigenvalue weighted by Crippen LogP contribution is 2.55. The number of allylic oxidation sites excluding steroid dienone is 2. The van der Waals surface area contributed by atoms with Gasteiger partial charge in [0, 0.05) is 6.04 Å². The van der Waals surface area contributed by atoms with Crippen molar-refractivity contribution in [3.8, 4) is 0 Å². The molecule has 0 aromatic heterocycles. The summed E-state index contributed by atoms with van der Waals surface area (Å²) >= 11 is 0. The van der Waals surface area contributed by atoms with E-state index in [0.29, 0.717) is 11.5 Å². The van der Waals surface area contributed by atoms with Gasteiger partial charge in [-0.05, 0) is 50.9 Å². The lowest BCUT2D eigenvalue weighted by Crippen LogP contribution is -2.42. The van der Waals surface area contributed by atoms with Gasteiger partial charge >= 0.3 is 0 Å². The molecule has 0 aromatic rings. The molecule has 2 aliphatic rings. The summed E-state index contributed by atoms with van der Waals surface area (Å²) in [7, 11) is 0. The molecular weight excluding hydrogens is 170 g/mol. The van der Waals surface area contributed by atoms with E-state index in [1.165, 1.54) is 32.1 Å². The number of fused-ring (bicyclic) bond motifs is 1. The number of rotatable bonds is 0. The Labute approximate surface area is 87.8 Å². The van der Waals surface area contributed by atoms with Crippen molar-refractivity contribution < 1.29 is 0 Å². The second-order valence-electron chi connectivity index (χ2n) is 5.60. The van der Waals surface area contributed by atoms with Crippen LogP contribution in [0.1, 0.15) is 52.9 Å². The van der Waals surface area contributed by atoms with Gasteiger partial charge in [-0.2, -0.15) is 0 Å². The molecule has 3 unspecified atom stereocenters. The Balaban J connectivity index is 2.34. The molecule has 0 aromatic carbocycles. The van der Waals surface area contributed by atoms with Gasteiger partial charge < -0.3 is 5.73 Å². The summed E-state index contributed by atoms with van der Waals surface area (Å²) in [6, 6.07) is 0.464. The molecule has 2 saturated carbocycles. The molecule has 1 heteroatoms. The maximum Gasteiger partial charge on any atom is 0.00755 e. The lowest BCUT2D eigenvalue weighted by molar-refractivity contribution is 0.160. The van der Waals surface area contributed by atoms with Gasteiger partial charge in [-0.1, -0.05) is 24.5 Å². The normalized spacial score (nSPS) is 42.4. The minimum Gasteiger partial charge on any atom is -0.327 e. The zero-order chi connectivity index (χ0) is 10.3. The van der Waals surface area contributed by atoms with Gasteiger partial charge in [0.1, 0.15) is 0 Å². The van der Waals surface area contributed by atoms with Crippen molar-refractivity contribution in [2.24, 2.45) is 17.1 Å². The van der Waals surface area contributed by atoms with Crippen LogP contribution in [-0.2, 0) is 0 Å². The smallest absolute Gasteiger partial charge is 0.00755 e. The Morgan fingerprint density at radius 3 is 2.71 bits per heavy atom. The molecule has 0 saturated heterocycles. The Kier molecular flexibility index (Phi) is 2.46. The van der Waals surface area contributed by atoms with Crippen LogP contribution in [0.15, 0.2) is 11.1 Å².